The quantitative estimate of drug-likeness (QED) is 0.0408. The van der Waals surface area contributed by atoms with E-state index in [1.807, 2.05) is 0 Å². The third kappa shape index (κ3) is 18.2. The van der Waals surface area contributed by atoms with Crippen LogP contribution in [0.3, 0.4) is 0 Å². The van der Waals surface area contributed by atoms with Gasteiger partial charge in [0.15, 0.2) is 22.8 Å². The summed E-state index contributed by atoms with van der Waals surface area (Å²) in [5.41, 5.74) is 4.26. The van der Waals surface area contributed by atoms with E-state index in [1.54, 1.807) is 0 Å². The number of carbonyl (C=O) groups excluding carboxylic acids is 3. The number of carbonyl (C=O) groups is 3. The second-order valence-corrected chi connectivity index (χ2v) is 20.4. The average Bonchev–Trinajstić information content (AvgIpc) is 3.74. The monoisotopic (exact) mass is 965 g/mol. The summed E-state index contributed by atoms with van der Waals surface area (Å²) in [6.45, 7) is 2.59. The van der Waals surface area contributed by atoms with E-state index in [2.05, 4.69) is 41.3 Å². The molecule has 8 atom stereocenters. The first-order chi connectivity index (χ1) is 28.9. The third-order valence-electron chi connectivity index (χ3n) is 9.32. The van der Waals surface area contributed by atoms with Gasteiger partial charge in [-0.25, -0.2) is 28.6 Å². The number of hydrogen-bond donors (Lipinski definition) is 10. The Morgan fingerprint density at radius 1 is 0.952 bits per heavy atom. The summed E-state index contributed by atoms with van der Waals surface area (Å²) in [5, 5.41) is 36.5. The van der Waals surface area contributed by atoms with Crippen molar-refractivity contribution in [2.75, 3.05) is 37.8 Å². The predicted molar refractivity (Wildman–Crippen MR) is 220 cm³/mol. The summed E-state index contributed by atoms with van der Waals surface area (Å²) in [6, 6.07) is 0. The molecule has 1 aliphatic rings. The Bertz CT molecular complexity index is 1920. The number of nitrogens with two attached hydrogens (primary N) is 1. The lowest BCUT2D eigenvalue weighted by Gasteiger charge is -2.30. The highest BCUT2D eigenvalue weighted by atomic mass is 32.2. The van der Waals surface area contributed by atoms with Gasteiger partial charge < -0.3 is 56.0 Å². The molecule has 1 aliphatic heterocycles. The molecule has 0 bridgehead atoms. The van der Waals surface area contributed by atoms with Gasteiger partial charge in [0.1, 0.15) is 36.3 Å². The molecule has 3 unspecified atom stereocenters. The van der Waals surface area contributed by atoms with Gasteiger partial charge in [-0.1, -0.05) is 64.6 Å². The average molecular weight is 966 g/mol. The molecule has 2 aromatic rings. The third-order valence-corrected chi connectivity index (χ3v) is 13.4. The molecule has 62 heavy (non-hydrogen) atoms. The minimum Gasteiger partial charge on any atom is -0.393 e. The van der Waals surface area contributed by atoms with Crippen molar-refractivity contribution in [3.63, 3.8) is 0 Å². The van der Waals surface area contributed by atoms with Crippen LogP contribution in [-0.4, -0.2) is 134 Å². The molecular weight excluding hydrogens is 907 g/mol. The number of rotatable bonds is 29. The summed E-state index contributed by atoms with van der Waals surface area (Å²) in [7, 11) is -16.4. The number of amides is 2. The molecule has 0 saturated carbocycles. The van der Waals surface area contributed by atoms with Crippen molar-refractivity contribution < 1.29 is 85.6 Å². The van der Waals surface area contributed by atoms with Crippen LogP contribution in [-0.2, 0) is 50.7 Å². The zero-order valence-corrected chi connectivity index (χ0v) is 38.0. The molecular formula is C33H58N7O18P3S. The van der Waals surface area contributed by atoms with E-state index in [0.717, 1.165) is 80.4 Å². The lowest BCUT2D eigenvalue weighted by atomic mass is 9.87. The van der Waals surface area contributed by atoms with E-state index in [-0.39, 0.29) is 47.7 Å². The van der Waals surface area contributed by atoms with E-state index in [0.29, 0.717) is 12.2 Å². The number of aliphatic hydroxyl groups is 3. The number of aliphatic hydroxyl groups excluding tert-OH is 3. The van der Waals surface area contributed by atoms with Crippen LogP contribution < -0.4 is 16.4 Å². The fourth-order valence-electron chi connectivity index (χ4n) is 5.97. The fourth-order valence-corrected chi connectivity index (χ4v) is 9.52. The van der Waals surface area contributed by atoms with Crippen LogP contribution in [0, 0.1) is 5.41 Å². The van der Waals surface area contributed by atoms with Crippen LogP contribution >= 0.6 is 35.2 Å². The van der Waals surface area contributed by atoms with Crippen molar-refractivity contribution in [1.29, 1.82) is 0 Å². The van der Waals surface area contributed by atoms with Crippen LogP contribution in [0.2, 0.25) is 0 Å². The molecule has 29 heteroatoms. The number of phosphoric acid groups is 3. The Balaban J connectivity index is 1.38. The van der Waals surface area contributed by atoms with Gasteiger partial charge in [-0.05, 0) is 19.3 Å². The number of unbranched alkanes of at least 4 members (excludes halogenated alkanes) is 4. The van der Waals surface area contributed by atoms with Crippen molar-refractivity contribution in [3.8, 4) is 0 Å². The molecule has 3 heterocycles. The molecule has 25 nitrogen and oxygen atoms in total. The summed E-state index contributed by atoms with van der Waals surface area (Å²) >= 11 is 1.10. The van der Waals surface area contributed by atoms with E-state index >= 15 is 0 Å². The predicted octanol–water partition coefficient (Wildman–Crippen LogP) is 1.56. The second kappa shape index (κ2) is 24.7. The normalized spacial score (nSPS) is 21.3. The molecule has 2 amide bonds. The zero-order valence-electron chi connectivity index (χ0n) is 34.5. The number of hydrogen-bond acceptors (Lipinski definition) is 19. The highest BCUT2D eigenvalue weighted by Gasteiger charge is 2.50. The molecule has 0 aromatic carbocycles. The number of ether oxygens (including phenoxy) is 1. The van der Waals surface area contributed by atoms with Crippen molar-refractivity contribution in [2.45, 2.75) is 122 Å². The molecule has 0 aliphatic carbocycles. The first-order valence-corrected chi connectivity index (χ1v) is 25.2. The highest BCUT2D eigenvalue weighted by molar-refractivity contribution is 8.13. The molecule has 0 spiro atoms. The Kier molecular flexibility index (Phi) is 21.5. The minimum atomic E-state index is -5.58. The molecule has 1 fully saturated rings. The van der Waals surface area contributed by atoms with Gasteiger partial charge in [0, 0.05) is 37.1 Å². The van der Waals surface area contributed by atoms with Gasteiger partial charge in [0.25, 0.3) is 0 Å². The topological polar surface area (TPSA) is 384 Å². The van der Waals surface area contributed by atoms with Crippen molar-refractivity contribution in [1.82, 2.24) is 30.2 Å². The lowest BCUT2D eigenvalue weighted by molar-refractivity contribution is -0.137. The zero-order chi connectivity index (χ0) is 46.3. The number of thioether (sulfide) groups is 1. The number of aromatic nitrogens is 4. The molecule has 3 rings (SSSR count). The summed E-state index contributed by atoms with van der Waals surface area (Å²) in [6.07, 6.45) is 0.321. The maximum atomic E-state index is 12.7. The summed E-state index contributed by atoms with van der Waals surface area (Å²) in [4.78, 5) is 88.0. The van der Waals surface area contributed by atoms with Crippen LogP contribution in [0.25, 0.3) is 11.2 Å². The Labute approximate surface area is 361 Å². The maximum absolute atomic E-state index is 12.7. The van der Waals surface area contributed by atoms with Crippen molar-refractivity contribution >= 4 is 69.1 Å². The van der Waals surface area contributed by atoms with Gasteiger partial charge in [0.05, 0.1) is 25.6 Å². The fraction of sp³-hybridized carbons (Fsp3) is 0.758. The minimum absolute atomic E-state index is 0.000301. The van der Waals surface area contributed by atoms with Crippen LogP contribution in [0.4, 0.5) is 5.82 Å². The standard InChI is InChI=1S/C33H58N7O18P3S/c1-4-5-7-10-21(41)11-8-6-9-12-24(43)62-16-15-35-23(42)13-14-36-31(46)28(45)33(2,3)18-55-61(52,53)58-60(50,51)54-17-22-27(57-59(47,48)49)26(44)32(56-22)40-20-39-25-29(34)37-19-38-30(25)40/h19-22,26-28,32,41,44-45H,4-18H2,1-3H3,(H,35,42)(H,36,46)(H,50,51)(H,52,53)(H2,34,37,38)(H2,47,48,49)/t21?,22-,26-,27-,28+,32-/m1/s1. The van der Waals surface area contributed by atoms with Gasteiger partial charge in [-0.15, -0.1) is 0 Å². The van der Waals surface area contributed by atoms with Gasteiger partial charge in [-0.3, -0.25) is 32.5 Å². The summed E-state index contributed by atoms with van der Waals surface area (Å²) in [5.74, 6) is -1.11. The number of imidazole rings is 1. The lowest BCUT2D eigenvalue weighted by Crippen LogP contribution is -2.46. The molecule has 11 N–H and O–H groups in total. The first-order valence-electron chi connectivity index (χ1n) is 19.7. The Hall–Kier alpha value is -2.48. The van der Waals surface area contributed by atoms with E-state index in [9.17, 15) is 63.0 Å². The van der Waals surface area contributed by atoms with Crippen LogP contribution in [0.1, 0.15) is 91.2 Å². The highest BCUT2D eigenvalue weighted by Crippen LogP contribution is 2.61. The Morgan fingerprint density at radius 3 is 2.31 bits per heavy atom. The second-order valence-electron chi connectivity index (χ2n) is 15.0. The van der Waals surface area contributed by atoms with Crippen molar-refractivity contribution in [2.24, 2.45) is 5.41 Å². The van der Waals surface area contributed by atoms with E-state index in [1.165, 1.54) is 13.8 Å². The van der Waals surface area contributed by atoms with Crippen LogP contribution in [0.15, 0.2) is 12.7 Å². The number of phosphoric ester groups is 3. The van der Waals surface area contributed by atoms with Crippen molar-refractivity contribution in [3.05, 3.63) is 12.7 Å². The number of nitrogen functional groups attached to an aromatic ring is 1. The van der Waals surface area contributed by atoms with Gasteiger partial charge in [0.2, 0.25) is 11.8 Å². The van der Waals surface area contributed by atoms with E-state index in [4.69, 9.17) is 19.5 Å². The number of nitrogens with one attached hydrogen (secondary N) is 2. The number of nitrogens with zero attached hydrogens (tertiary/aromatic N) is 4. The molecule has 0 radical (unpaired) electrons. The maximum Gasteiger partial charge on any atom is 0.481 e. The largest absolute Gasteiger partial charge is 0.481 e. The molecule has 354 valence electrons. The van der Waals surface area contributed by atoms with Gasteiger partial charge in [-0.2, -0.15) is 4.31 Å². The smallest absolute Gasteiger partial charge is 0.393 e. The first kappa shape index (κ1) is 53.9. The Morgan fingerprint density at radius 2 is 1.63 bits per heavy atom. The molecule has 1 saturated heterocycles. The van der Waals surface area contributed by atoms with E-state index < -0.39 is 84.6 Å². The SMILES string of the molecule is CCCCCC(O)CCCCCC(=O)SCCNC(=O)CCNC(=O)[C@H](O)C(C)(C)COP(=O)(O)OP(=O)(O)OC[C@H]1O[C@@H](n2cnc3c(N)ncnc32)[C@H](O)[C@@H]1OP(=O)(O)O. The van der Waals surface area contributed by atoms with Gasteiger partial charge >= 0.3 is 23.5 Å². The van der Waals surface area contributed by atoms with Crippen LogP contribution in [0.5, 0.6) is 0 Å². The summed E-state index contributed by atoms with van der Waals surface area (Å²) < 4.78 is 62.3. The number of anilines is 1. The number of fused-ring (bicyclic) bond motifs is 1. The molecule has 2 aromatic heterocycles.